The van der Waals surface area contributed by atoms with Crippen LogP contribution in [-0.4, -0.2) is 9.97 Å². The maximum Gasteiger partial charge on any atom is 0.0992 e. The lowest BCUT2D eigenvalue weighted by atomic mass is 10.1. The van der Waals surface area contributed by atoms with Gasteiger partial charge in [-0.05, 0) is 32.0 Å². The summed E-state index contributed by atoms with van der Waals surface area (Å²) < 4.78 is 0. The average Bonchev–Trinajstić information content (AvgIpc) is 2.41. The van der Waals surface area contributed by atoms with E-state index in [4.69, 9.17) is 16.9 Å². The molecule has 2 rings (SSSR count). The maximum atomic E-state index is 8.80. The molecule has 2 aromatic rings. The molecule has 0 spiro atoms. The van der Waals surface area contributed by atoms with Crippen molar-refractivity contribution in [2.45, 2.75) is 19.9 Å². The van der Waals surface area contributed by atoms with E-state index >= 15 is 0 Å². The van der Waals surface area contributed by atoms with Crippen LogP contribution in [-0.2, 0) is 0 Å². The molecule has 1 aromatic heterocycles. The number of nitrogens with zero attached hydrogens (tertiary/aromatic N) is 3. The average molecular weight is 273 g/mol. The number of halogens is 1. The van der Waals surface area contributed by atoms with Crippen molar-refractivity contribution < 1.29 is 0 Å². The Balaban J connectivity index is 2.22. The minimum absolute atomic E-state index is 0.0147. The van der Waals surface area contributed by atoms with Crippen molar-refractivity contribution in [2.75, 3.05) is 5.32 Å². The topological polar surface area (TPSA) is 61.6 Å². The molecule has 19 heavy (non-hydrogen) atoms. The highest BCUT2D eigenvalue weighted by Gasteiger charge is 2.12. The predicted molar refractivity (Wildman–Crippen MR) is 75.0 cm³/mol. The molecule has 0 aliphatic rings. The highest BCUT2D eigenvalue weighted by atomic mass is 35.5. The number of rotatable bonds is 3. The monoisotopic (exact) mass is 272 g/mol. The number of nitrogens with one attached hydrogen (secondary N) is 1. The van der Waals surface area contributed by atoms with Gasteiger partial charge in [-0.2, -0.15) is 5.26 Å². The van der Waals surface area contributed by atoms with Gasteiger partial charge in [-0.25, -0.2) is 0 Å². The first kappa shape index (κ1) is 13.3. The fourth-order valence-corrected chi connectivity index (χ4v) is 2.08. The van der Waals surface area contributed by atoms with E-state index in [1.165, 1.54) is 0 Å². The van der Waals surface area contributed by atoms with E-state index in [0.29, 0.717) is 10.6 Å². The van der Waals surface area contributed by atoms with Crippen LogP contribution < -0.4 is 5.32 Å². The Morgan fingerprint density at radius 2 is 2.05 bits per heavy atom. The number of aryl methyl sites for hydroxylation is 1. The molecule has 96 valence electrons. The van der Waals surface area contributed by atoms with Crippen molar-refractivity contribution in [3.63, 3.8) is 0 Å². The van der Waals surface area contributed by atoms with Crippen LogP contribution in [0.4, 0.5) is 5.69 Å². The summed E-state index contributed by atoms with van der Waals surface area (Å²) in [6.45, 7) is 3.91. The normalized spacial score (nSPS) is 11.7. The smallest absolute Gasteiger partial charge is 0.0992 e. The lowest BCUT2D eigenvalue weighted by molar-refractivity contribution is 0.810. The second kappa shape index (κ2) is 5.68. The van der Waals surface area contributed by atoms with Crippen LogP contribution in [0.2, 0.25) is 5.02 Å². The molecule has 0 radical (unpaired) electrons. The third-order valence-electron chi connectivity index (χ3n) is 2.80. The summed E-state index contributed by atoms with van der Waals surface area (Å²) in [6.07, 6.45) is 3.33. The van der Waals surface area contributed by atoms with E-state index in [2.05, 4.69) is 21.4 Å². The summed E-state index contributed by atoms with van der Waals surface area (Å²) >= 11 is 6.13. The van der Waals surface area contributed by atoms with Crippen molar-refractivity contribution in [1.82, 2.24) is 9.97 Å². The molecule has 1 N–H and O–H groups in total. The van der Waals surface area contributed by atoms with Crippen LogP contribution in [0, 0.1) is 18.3 Å². The minimum atomic E-state index is -0.0147. The molecule has 1 unspecified atom stereocenters. The molecule has 1 aromatic carbocycles. The van der Waals surface area contributed by atoms with Crippen LogP contribution in [0.15, 0.2) is 30.6 Å². The summed E-state index contributed by atoms with van der Waals surface area (Å²) in [4.78, 5) is 8.53. The molecule has 0 amide bonds. The SMILES string of the molecule is Cc1nccnc1C(C)Nc1ccc(C#N)cc1Cl. The van der Waals surface area contributed by atoms with Gasteiger partial charge in [-0.1, -0.05) is 11.6 Å². The third-order valence-corrected chi connectivity index (χ3v) is 3.11. The van der Waals surface area contributed by atoms with Gasteiger partial charge in [-0.3, -0.25) is 9.97 Å². The molecule has 0 aliphatic carbocycles. The first-order valence-electron chi connectivity index (χ1n) is 5.85. The van der Waals surface area contributed by atoms with Gasteiger partial charge >= 0.3 is 0 Å². The molecule has 0 saturated carbocycles. The number of aromatic nitrogens is 2. The molecule has 5 heteroatoms. The highest BCUT2D eigenvalue weighted by molar-refractivity contribution is 6.33. The number of hydrogen-bond donors (Lipinski definition) is 1. The number of anilines is 1. The second-order valence-corrected chi connectivity index (χ2v) is 4.61. The van der Waals surface area contributed by atoms with Crippen LogP contribution in [0.5, 0.6) is 0 Å². The Morgan fingerprint density at radius 1 is 1.32 bits per heavy atom. The van der Waals surface area contributed by atoms with Gasteiger partial charge in [0.25, 0.3) is 0 Å². The molecule has 4 nitrogen and oxygen atoms in total. The summed E-state index contributed by atoms with van der Waals surface area (Å²) in [5, 5.41) is 12.6. The standard InChI is InChI=1S/C14H13ClN4/c1-9-14(18-6-5-17-9)10(2)19-13-4-3-11(8-16)7-12(13)15/h3-7,10,19H,1-2H3. The van der Waals surface area contributed by atoms with E-state index in [1.54, 1.807) is 30.6 Å². The molecule has 0 fully saturated rings. The largest absolute Gasteiger partial charge is 0.376 e. The first-order valence-corrected chi connectivity index (χ1v) is 6.23. The lowest BCUT2D eigenvalue weighted by Crippen LogP contribution is -2.11. The Morgan fingerprint density at radius 3 is 2.68 bits per heavy atom. The van der Waals surface area contributed by atoms with Gasteiger partial charge in [0.05, 0.1) is 39.8 Å². The van der Waals surface area contributed by atoms with Gasteiger partial charge in [0, 0.05) is 12.4 Å². The van der Waals surface area contributed by atoms with E-state index in [9.17, 15) is 0 Å². The van der Waals surface area contributed by atoms with Gasteiger partial charge in [0.2, 0.25) is 0 Å². The second-order valence-electron chi connectivity index (χ2n) is 4.20. The zero-order valence-electron chi connectivity index (χ0n) is 10.7. The summed E-state index contributed by atoms with van der Waals surface area (Å²) in [5.41, 5.74) is 3.08. The molecule has 1 atom stereocenters. The van der Waals surface area contributed by atoms with Crippen molar-refractivity contribution in [1.29, 1.82) is 5.26 Å². The zero-order valence-corrected chi connectivity index (χ0v) is 11.4. The maximum absolute atomic E-state index is 8.80. The fraction of sp³-hybridized carbons (Fsp3) is 0.214. The first-order chi connectivity index (χ1) is 9.11. The lowest BCUT2D eigenvalue weighted by Gasteiger charge is -2.17. The third kappa shape index (κ3) is 3.01. The van der Waals surface area contributed by atoms with E-state index in [1.807, 2.05) is 13.8 Å². The van der Waals surface area contributed by atoms with Crippen LogP contribution >= 0.6 is 11.6 Å². The Bertz CT molecular complexity index is 634. The van der Waals surface area contributed by atoms with E-state index in [-0.39, 0.29) is 6.04 Å². The van der Waals surface area contributed by atoms with Gasteiger partial charge < -0.3 is 5.32 Å². The molecule has 1 heterocycles. The van der Waals surface area contributed by atoms with Crippen molar-refractivity contribution in [2.24, 2.45) is 0 Å². The van der Waals surface area contributed by atoms with E-state index in [0.717, 1.165) is 17.1 Å². The van der Waals surface area contributed by atoms with Gasteiger partial charge in [0.15, 0.2) is 0 Å². The van der Waals surface area contributed by atoms with Gasteiger partial charge in [0.1, 0.15) is 0 Å². The molecule has 0 bridgehead atoms. The van der Waals surface area contributed by atoms with Crippen molar-refractivity contribution in [3.8, 4) is 6.07 Å². The van der Waals surface area contributed by atoms with E-state index < -0.39 is 0 Å². The minimum Gasteiger partial charge on any atom is -0.376 e. The molecular formula is C14H13ClN4. The molecule has 0 saturated heterocycles. The highest BCUT2D eigenvalue weighted by Crippen LogP contribution is 2.27. The summed E-state index contributed by atoms with van der Waals surface area (Å²) in [5.74, 6) is 0. The van der Waals surface area contributed by atoms with Crippen molar-refractivity contribution >= 4 is 17.3 Å². The summed E-state index contributed by atoms with van der Waals surface area (Å²) in [6, 6.07) is 7.20. The van der Waals surface area contributed by atoms with Gasteiger partial charge in [-0.15, -0.1) is 0 Å². The number of benzene rings is 1. The Labute approximate surface area is 117 Å². The van der Waals surface area contributed by atoms with Crippen LogP contribution in [0.25, 0.3) is 0 Å². The fourth-order valence-electron chi connectivity index (χ4n) is 1.85. The number of hydrogen-bond acceptors (Lipinski definition) is 4. The van der Waals surface area contributed by atoms with Crippen molar-refractivity contribution in [3.05, 3.63) is 52.6 Å². The predicted octanol–water partition coefficient (Wildman–Crippen LogP) is 3.48. The molecular weight excluding hydrogens is 260 g/mol. The zero-order chi connectivity index (χ0) is 13.8. The Kier molecular flexibility index (Phi) is 3.98. The molecule has 0 aliphatic heterocycles. The Hall–Kier alpha value is -2.12. The number of nitriles is 1. The van der Waals surface area contributed by atoms with Crippen LogP contribution in [0.3, 0.4) is 0 Å². The summed E-state index contributed by atoms with van der Waals surface area (Å²) in [7, 11) is 0. The quantitative estimate of drug-likeness (QED) is 0.929. The van der Waals surface area contributed by atoms with Crippen LogP contribution in [0.1, 0.15) is 29.9 Å².